The van der Waals surface area contributed by atoms with Crippen LogP contribution in [0.15, 0.2) is 42.9 Å². The number of nitriles is 1. The largest absolute Gasteiger partial charge is 0.394 e. The van der Waals surface area contributed by atoms with E-state index in [-0.39, 0.29) is 41.9 Å². The highest BCUT2D eigenvalue weighted by Crippen LogP contribution is 2.27. The number of imidazole rings is 1. The van der Waals surface area contributed by atoms with E-state index in [0.717, 1.165) is 25.7 Å². The van der Waals surface area contributed by atoms with Crippen LogP contribution in [0.2, 0.25) is 5.15 Å². The lowest BCUT2D eigenvalue weighted by Crippen LogP contribution is -2.40. The van der Waals surface area contributed by atoms with Crippen molar-refractivity contribution in [2.45, 2.75) is 50.7 Å². The zero-order chi connectivity index (χ0) is 28.8. The topological polar surface area (TPSA) is 187 Å². The number of pyridine rings is 1. The molecule has 0 atom stereocenters. The summed E-state index contributed by atoms with van der Waals surface area (Å²) in [5.41, 5.74) is 1.66. The average molecular weight is 578 g/mol. The first kappa shape index (κ1) is 27.8. The molecule has 0 spiro atoms. The summed E-state index contributed by atoms with van der Waals surface area (Å²) in [6, 6.07) is 8.72. The predicted molar refractivity (Wildman–Crippen MR) is 151 cm³/mol. The van der Waals surface area contributed by atoms with Crippen LogP contribution in [0, 0.1) is 11.3 Å². The number of halogens is 1. The van der Waals surface area contributed by atoms with Crippen molar-refractivity contribution in [1.29, 1.82) is 5.26 Å². The maximum atomic E-state index is 13.2. The number of aliphatic hydroxyl groups is 1. The van der Waals surface area contributed by atoms with Gasteiger partial charge < -0.3 is 26.4 Å². The van der Waals surface area contributed by atoms with E-state index in [1.54, 1.807) is 29.1 Å². The van der Waals surface area contributed by atoms with Gasteiger partial charge in [0.15, 0.2) is 17.2 Å². The van der Waals surface area contributed by atoms with E-state index in [4.69, 9.17) is 16.9 Å². The Labute approximate surface area is 239 Å². The van der Waals surface area contributed by atoms with Crippen molar-refractivity contribution in [3.05, 3.63) is 53.7 Å². The smallest absolute Gasteiger partial charge is 0.276 e. The van der Waals surface area contributed by atoms with Gasteiger partial charge in [-0.25, -0.2) is 14.5 Å². The van der Waals surface area contributed by atoms with Crippen LogP contribution >= 0.6 is 11.6 Å². The van der Waals surface area contributed by atoms with Gasteiger partial charge in [-0.2, -0.15) is 10.4 Å². The molecule has 5 N–H and O–H groups in total. The van der Waals surface area contributed by atoms with Crippen LogP contribution in [-0.2, 0) is 11.3 Å². The molecule has 4 heterocycles. The summed E-state index contributed by atoms with van der Waals surface area (Å²) in [6.07, 6.45) is 7.62. The van der Waals surface area contributed by atoms with Gasteiger partial charge in [0.05, 0.1) is 31.1 Å². The number of rotatable bonds is 10. The van der Waals surface area contributed by atoms with Crippen LogP contribution < -0.4 is 21.3 Å². The summed E-state index contributed by atoms with van der Waals surface area (Å²) >= 11 is 5.96. The zero-order valence-electron chi connectivity index (χ0n) is 21.9. The Morgan fingerprint density at radius 1 is 1.10 bits per heavy atom. The molecule has 0 aliphatic heterocycles. The first-order chi connectivity index (χ1) is 19.9. The lowest BCUT2D eigenvalue weighted by molar-refractivity contribution is -0.121. The van der Waals surface area contributed by atoms with Crippen molar-refractivity contribution < 1.29 is 14.7 Å². The van der Waals surface area contributed by atoms with Crippen molar-refractivity contribution >= 4 is 52.1 Å². The number of hydrogen-bond donors (Lipinski definition) is 5. The molecule has 0 aromatic carbocycles. The van der Waals surface area contributed by atoms with Crippen molar-refractivity contribution in [3.8, 4) is 6.07 Å². The quantitative estimate of drug-likeness (QED) is 0.175. The Hall–Kier alpha value is -4.74. The van der Waals surface area contributed by atoms with Gasteiger partial charge in [0.25, 0.3) is 5.91 Å². The zero-order valence-corrected chi connectivity index (χ0v) is 22.7. The predicted octanol–water partition coefficient (Wildman–Crippen LogP) is 2.72. The summed E-state index contributed by atoms with van der Waals surface area (Å²) in [4.78, 5) is 33.4. The van der Waals surface area contributed by atoms with Gasteiger partial charge >= 0.3 is 0 Å². The van der Waals surface area contributed by atoms with Gasteiger partial charge in [-0.15, -0.1) is 5.10 Å². The Morgan fingerprint density at radius 2 is 1.90 bits per heavy atom. The summed E-state index contributed by atoms with van der Waals surface area (Å²) in [5, 5.41) is 39.7. The number of hydrogen-bond acceptors (Lipinski definition) is 10. The minimum atomic E-state index is -0.434. The number of aromatic nitrogens is 6. The molecule has 0 saturated heterocycles. The highest BCUT2D eigenvalue weighted by Gasteiger charge is 2.24. The molecular formula is C26H28ClN11O3. The van der Waals surface area contributed by atoms with Gasteiger partial charge in [0, 0.05) is 42.3 Å². The van der Waals surface area contributed by atoms with Crippen LogP contribution in [0.1, 0.15) is 42.6 Å². The lowest BCUT2D eigenvalue weighted by atomic mass is 9.91. The number of amides is 2. The van der Waals surface area contributed by atoms with E-state index in [1.165, 1.54) is 23.0 Å². The van der Waals surface area contributed by atoms with Gasteiger partial charge in [0.2, 0.25) is 5.91 Å². The molecule has 4 aromatic heterocycles. The van der Waals surface area contributed by atoms with E-state index in [2.05, 4.69) is 41.4 Å². The van der Waals surface area contributed by atoms with E-state index in [1.807, 2.05) is 6.07 Å². The molecule has 1 aliphatic rings. The van der Waals surface area contributed by atoms with Crippen LogP contribution in [-0.4, -0.2) is 65.0 Å². The van der Waals surface area contributed by atoms with Gasteiger partial charge in [-0.05, 0) is 37.8 Å². The number of nitrogens with zero attached hydrogens (tertiary/aromatic N) is 7. The first-order valence-electron chi connectivity index (χ1n) is 13.1. The fourth-order valence-corrected chi connectivity index (χ4v) is 4.87. The second kappa shape index (κ2) is 12.6. The molecule has 212 valence electrons. The number of carbonyl (C=O) groups is 2. The van der Waals surface area contributed by atoms with Gasteiger partial charge in [0.1, 0.15) is 17.4 Å². The molecule has 4 aromatic rings. The first-order valence-corrected chi connectivity index (χ1v) is 13.5. The minimum Gasteiger partial charge on any atom is -0.394 e. The molecule has 0 bridgehead atoms. The number of anilines is 4. The standard InChI is InChI=1S/C26H28ClN11O3/c27-21-13-18(6-9-29-21)33-26(41)20-15-30-25-19(34-22-7-10-37(35-22)11-12-39)14-23(36-38(20)25)31-16-1-3-17(4-2-16)32-24(40)5-8-28/h6-7,9-10,13-17,39H,1-5,11-12H2,(H,31,36)(H,32,40)(H,34,35)(H,29,33,41). The van der Waals surface area contributed by atoms with Crippen LogP contribution in [0.5, 0.6) is 0 Å². The SMILES string of the molecule is N#CCC(=O)NC1CCC(Nc2cc(Nc3ccn(CCO)n3)c3ncc(C(=O)Nc4ccnc(Cl)c4)n3n2)CC1. The Morgan fingerprint density at radius 3 is 2.66 bits per heavy atom. The Bertz CT molecular complexity index is 1590. The molecule has 0 unspecified atom stereocenters. The second-order valence-corrected chi connectivity index (χ2v) is 9.94. The van der Waals surface area contributed by atoms with Gasteiger partial charge in [-0.1, -0.05) is 11.6 Å². The molecule has 5 rings (SSSR count). The number of carbonyl (C=O) groups excluding carboxylic acids is 2. The lowest BCUT2D eigenvalue weighted by Gasteiger charge is -2.30. The highest BCUT2D eigenvalue weighted by molar-refractivity contribution is 6.29. The summed E-state index contributed by atoms with van der Waals surface area (Å²) in [7, 11) is 0. The molecule has 2 amide bonds. The molecule has 1 saturated carbocycles. The summed E-state index contributed by atoms with van der Waals surface area (Å²) in [6.45, 7) is 0.312. The van der Waals surface area contributed by atoms with Crippen LogP contribution in [0.3, 0.4) is 0 Å². The van der Waals surface area contributed by atoms with E-state index in [9.17, 15) is 14.7 Å². The highest BCUT2D eigenvalue weighted by atomic mass is 35.5. The molecule has 1 fully saturated rings. The monoisotopic (exact) mass is 577 g/mol. The van der Waals surface area contributed by atoms with Crippen LogP contribution in [0.4, 0.5) is 23.0 Å². The van der Waals surface area contributed by atoms with Crippen molar-refractivity contribution in [2.75, 3.05) is 22.6 Å². The third-order valence-corrected chi connectivity index (χ3v) is 6.81. The average Bonchev–Trinajstić information content (AvgIpc) is 3.57. The number of fused-ring (bicyclic) bond motifs is 1. The van der Waals surface area contributed by atoms with Gasteiger partial charge in [-0.3, -0.25) is 14.3 Å². The number of nitrogens with one attached hydrogen (secondary N) is 4. The van der Waals surface area contributed by atoms with E-state index < -0.39 is 5.91 Å². The molecule has 1 aliphatic carbocycles. The second-order valence-electron chi connectivity index (χ2n) is 9.55. The molecular weight excluding hydrogens is 550 g/mol. The maximum Gasteiger partial charge on any atom is 0.276 e. The molecule has 41 heavy (non-hydrogen) atoms. The van der Waals surface area contributed by atoms with Crippen molar-refractivity contribution in [2.24, 2.45) is 0 Å². The Kier molecular flexibility index (Phi) is 8.56. The summed E-state index contributed by atoms with van der Waals surface area (Å²) < 4.78 is 3.07. The Balaban J connectivity index is 1.39. The molecule has 0 radical (unpaired) electrons. The molecule has 14 nitrogen and oxygen atoms in total. The third kappa shape index (κ3) is 6.89. The third-order valence-electron chi connectivity index (χ3n) is 6.60. The normalized spacial score (nSPS) is 16.6. The molecule has 15 heteroatoms. The van der Waals surface area contributed by atoms with Crippen LogP contribution in [0.25, 0.3) is 5.65 Å². The van der Waals surface area contributed by atoms with Crippen molar-refractivity contribution in [1.82, 2.24) is 34.7 Å². The maximum absolute atomic E-state index is 13.2. The minimum absolute atomic E-state index is 0.0289. The number of aliphatic hydroxyl groups excluding tert-OH is 1. The fraction of sp³-hybridized carbons (Fsp3) is 0.346. The van der Waals surface area contributed by atoms with E-state index >= 15 is 0 Å². The van der Waals surface area contributed by atoms with Crippen molar-refractivity contribution in [3.63, 3.8) is 0 Å². The fourth-order valence-electron chi connectivity index (χ4n) is 4.70. The summed E-state index contributed by atoms with van der Waals surface area (Å²) in [5.74, 6) is 0.363. The van der Waals surface area contributed by atoms with E-state index in [0.29, 0.717) is 35.2 Å².